The van der Waals surface area contributed by atoms with Gasteiger partial charge in [-0.05, 0) is 18.9 Å². The van der Waals surface area contributed by atoms with Crippen molar-refractivity contribution in [3.05, 3.63) is 35.4 Å². The van der Waals surface area contributed by atoms with Gasteiger partial charge in [0.2, 0.25) is 0 Å². The summed E-state index contributed by atoms with van der Waals surface area (Å²) in [7, 11) is 2.90. The van der Waals surface area contributed by atoms with E-state index in [1.807, 2.05) is 0 Å². The predicted octanol–water partition coefficient (Wildman–Crippen LogP) is 1.93. The number of rotatable bonds is 4. The number of amides is 1. The van der Waals surface area contributed by atoms with Crippen LogP contribution < -0.4 is 5.32 Å². The maximum Gasteiger partial charge on any atom is 0.356 e. The summed E-state index contributed by atoms with van der Waals surface area (Å²) < 4.78 is 11.4. The minimum atomic E-state index is -0.507. The number of nitrogens with one attached hydrogen (secondary N) is 1. The lowest BCUT2D eigenvalue weighted by molar-refractivity contribution is 0.0588. The average molecular weight is 289 g/mol. The van der Waals surface area contributed by atoms with Crippen LogP contribution in [0.25, 0.3) is 0 Å². The van der Waals surface area contributed by atoms with Gasteiger partial charge >= 0.3 is 5.97 Å². The smallest absolute Gasteiger partial charge is 0.356 e. The summed E-state index contributed by atoms with van der Waals surface area (Å²) in [5.41, 5.74) is 0.783. The Hall–Kier alpha value is -2.57. The van der Waals surface area contributed by atoms with Crippen molar-refractivity contribution in [2.75, 3.05) is 12.4 Å². The number of hydrogen-bond acceptors (Lipinski definition) is 5. The number of carbonyl (C=O) groups is 2. The molecule has 1 amide bonds. The second-order valence-corrected chi connectivity index (χ2v) is 4.96. The summed E-state index contributed by atoms with van der Waals surface area (Å²) in [6, 6.07) is 3.12. The highest BCUT2D eigenvalue weighted by atomic mass is 16.5. The topological polar surface area (TPSA) is 86.4 Å². The summed E-state index contributed by atoms with van der Waals surface area (Å²) in [6.07, 6.45) is 3.61. The van der Waals surface area contributed by atoms with Crippen LogP contribution in [-0.2, 0) is 11.8 Å². The molecule has 0 saturated heterocycles. The third kappa shape index (κ3) is 2.54. The van der Waals surface area contributed by atoms with Gasteiger partial charge in [0.05, 0.1) is 18.9 Å². The van der Waals surface area contributed by atoms with E-state index in [1.54, 1.807) is 13.1 Å². The molecule has 2 aromatic heterocycles. The van der Waals surface area contributed by atoms with E-state index < -0.39 is 5.97 Å². The van der Waals surface area contributed by atoms with E-state index in [0.29, 0.717) is 17.3 Å². The molecule has 1 fully saturated rings. The highest BCUT2D eigenvalue weighted by Crippen LogP contribution is 2.42. The molecule has 0 aromatic carbocycles. The molecule has 0 atom stereocenters. The van der Waals surface area contributed by atoms with E-state index in [0.717, 1.165) is 18.6 Å². The van der Waals surface area contributed by atoms with Gasteiger partial charge in [-0.25, -0.2) is 4.79 Å². The SMILES string of the molecule is COC(=O)c1cc(NC(=O)c2ccoc2C2CC2)nn1C. The van der Waals surface area contributed by atoms with Crippen molar-refractivity contribution in [3.8, 4) is 0 Å². The molecule has 0 radical (unpaired) electrons. The van der Waals surface area contributed by atoms with Crippen LogP contribution in [0.15, 0.2) is 22.8 Å². The van der Waals surface area contributed by atoms with Gasteiger partial charge in [0.15, 0.2) is 5.82 Å². The van der Waals surface area contributed by atoms with E-state index in [1.165, 1.54) is 24.1 Å². The number of esters is 1. The van der Waals surface area contributed by atoms with Crippen molar-refractivity contribution in [1.82, 2.24) is 9.78 Å². The summed E-state index contributed by atoms with van der Waals surface area (Å²) in [4.78, 5) is 23.8. The number of hydrogen-bond donors (Lipinski definition) is 1. The lowest BCUT2D eigenvalue weighted by atomic mass is 10.2. The number of ether oxygens (including phenoxy) is 1. The van der Waals surface area contributed by atoms with Gasteiger partial charge in [-0.3, -0.25) is 9.48 Å². The maximum atomic E-state index is 12.3. The van der Waals surface area contributed by atoms with Crippen LogP contribution in [0.1, 0.15) is 45.4 Å². The molecule has 3 rings (SSSR count). The Morgan fingerprint density at radius 1 is 1.48 bits per heavy atom. The molecule has 0 aliphatic heterocycles. The minimum Gasteiger partial charge on any atom is -0.468 e. The number of carbonyl (C=O) groups excluding carboxylic acids is 2. The minimum absolute atomic E-state index is 0.266. The molecule has 7 nitrogen and oxygen atoms in total. The molecule has 2 aromatic rings. The summed E-state index contributed by atoms with van der Waals surface area (Å²) in [6.45, 7) is 0. The van der Waals surface area contributed by atoms with Gasteiger partial charge in [-0.2, -0.15) is 5.10 Å². The highest BCUT2D eigenvalue weighted by Gasteiger charge is 2.31. The van der Waals surface area contributed by atoms with Gasteiger partial charge in [0, 0.05) is 19.0 Å². The number of aryl methyl sites for hydroxylation is 1. The third-order valence-corrected chi connectivity index (χ3v) is 3.40. The summed E-state index contributed by atoms with van der Waals surface area (Å²) in [5.74, 6) is 0.560. The first-order chi connectivity index (χ1) is 10.1. The van der Waals surface area contributed by atoms with E-state index in [2.05, 4.69) is 15.2 Å². The zero-order chi connectivity index (χ0) is 15.0. The van der Waals surface area contributed by atoms with Crippen LogP contribution in [0.5, 0.6) is 0 Å². The molecule has 1 N–H and O–H groups in total. The largest absolute Gasteiger partial charge is 0.468 e. The Balaban J connectivity index is 1.78. The highest BCUT2D eigenvalue weighted by molar-refractivity contribution is 6.05. The molecule has 0 bridgehead atoms. The van der Waals surface area contributed by atoms with Crippen molar-refractivity contribution in [3.63, 3.8) is 0 Å². The lowest BCUT2D eigenvalue weighted by Gasteiger charge is -2.01. The molecule has 110 valence electrons. The van der Waals surface area contributed by atoms with Crippen molar-refractivity contribution in [2.24, 2.45) is 7.05 Å². The number of methoxy groups -OCH3 is 1. The fourth-order valence-corrected chi connectivity index (χ4v) is 2.18. The van der Waals surface area contributed by atoms with E-state index in [4.69, 9.17) is 4.42 Å². The third-order valence-electron chi connectivity index (χ3n) is 3.40. The predicted molar refractivity (Wildman–Crippen MR) is 73.2 cm³/mol. The van der Waals surface area contributed by atoms with Crippen LogP contribution >= 0.6 is 0 Å². The zero-order valence-corrected chi connectivity index (χ0v) is 11.8. The second-order valence-electron chi connectivity index (χ2n) is 4.96. The number of anilines is 1. The molecule has 7 heteroatoms. The monoisotopic (exact) mass is 289 g/mol. The molecule has 1 saturated carbocycles. The van der Waals surface area contributed by atoms with Crippen molar-refractivity contribution in [1.29, 1.82) is 0 Å². The Bertz CT molecular complexity index is 697. The molecular formula is C14H15N3O4. The second kappa shape index (κ2) is 5.08. The lowest BCUT2D eigenvalue weighted by Crippen LogP contribution is -2.13. The van der Waals surface area contributed by atoms with Crippen molar-refractivity contribution < 1.29 is 18.7 Å². The molecule has 21 heavy (non-hydrogen) atoms. The van der Waals surface area contributed by atoms with Gasteiger partial charge < -0.3 is 14.5 Å². The molecule has 1 aliphatic carbocycles. The first-order valence-corrected chi connectivity index (χ1v) is 6.61. The average Bonchev–Trinajstić information content (AvgIpc) is 3.07. The molecule has 0 spiro atoms. The molecule has 2 heterocycles. The number of furan rings is 1. The first kappa shape index (κ1) is 13.4. The van der Waals surface area contributed by atoms with Gasteiger partial charge in [-0.1, -0.05) is 0 Å². The Labute approximate surface area is 120 Å². The summed E-state index contributed by atoms with van der Waals surface area (Å²) in [5, 5.41) is 6.74. The van der Waals surface area contributed by atoms with Crippen molar-refractivity contribution >= 4 is 17.7 Å². The Morgan fingerprint density at radius 3 is 2.90 bits per heavy atom. The van der Waals surface area contributed by atoms with Crippen LogP contribution in [0, 0.1) is 0 Å². The quantitative estimate of drug-likeness (QED) is 0.869. The molecular weight excluding hydrogens is 274 g/mol. The van der Waals surface area contributed by atoms with Crippen molar-refractivity contribution in [2.45, 2.75) is 18.8 Å². The standard InChI is InChI=1S/C14H15N3O4/c1-17-10(14(19)20-2)7-11(16-17)15-13(18)9-5-6-21-12(9)8-3-4-8/h5-8H,3-4H2,1-2H3,(H,15,16,18). The van der Waals surface area contributed by atoms with Crippen LogP contribution in [-0.4, -0.2) is 28.8 Å². The van der Waals surface area contributed by atoms with Gasteiger partial charge in [0.25, 0.3) is 5.91 Å². The maximum absolute atomic E-state index is 12.3. The van der Waals surface area contributed by atoms with Gasteiger partial charge in [-0.15, -0.1) is 0 Å². The fraction of sp³-hybridized carbons (Fsp3) is 0.357. The zero-order valence-electron chi connectivity index (χ0n) is 11.8. The van der Waals surface area contributed by atoms with Crippen LogP contribution in [0.3, 0.4) is 0 Å². The number of nitrogens with zero attached hydrogens (tertiary/aromatic N) is 2. The van der Waals surface area contributed by atoms with E-state index in [9.17, 15) is 9.59 Å². The molecule has 1 aliphatic rings. The number of aromatic nitrogens is 2. The van der Waals surface area contributed by atoms with Crippen LogP contribution in [0.2, 0.25) is 0 Å². The summed E-state index contributed by atoms with van der Waals surface area (Å²) >= 11 is 0. The van der Waals surface area contributed by atoms with Gasteiger partial charge in [0.1, 0.15) is 11.5 Å². The van der Waals surface area contributed by atoms with Crippen LogP contribution in [0.4, 0.5) is 5.82 Å². The Morgan fingerprint density at radius 2 is 2.24 bits per heavy atom. The van der Waals surface area contributed by atoms with E-state index >= 15 is 0 Å². The fourth-order valence-electron chi connectivity index (χ4n) is 2.18. The molecule has 0 unspecified atom stereocenters. The Kier molecular flexibility index (Phi) is 3.25. The first-order valence-electron chi connectivity index (χ1n) is 6.61. The van der Waals surface area contributed by atoms with E-state index in [-0.39, 0.29) is 11.6 Å². The normalized spacial score (nSPS) is 14.0.